The summed E-state index contributed by atoms with van der Waals surface area (Å²) in [5.74, 6) is -0.0111. The lowest BCUT2D eigenvalue weighted by molar-refractivity contribution is 0.565. The topological polar surface area (TPSA) is 101 Å². The van der Waals surface area contributed by atoms with Crippen molar-refractivity contribution in [1.82, 2.24) is 30.4 Å². The molecule has 0 radical (unpaired) electrons. The van der Waals surface area contributed by atoms with Crippen LogP contribution < -0.4 is 10.9 Å². The quantitative estimate of drug-likeness (QED) is 0.497. The maximum Gasteiger partial charge on any atom is 0.288 e. The Balaban J connectivity index is 1.83. The largest absolute Gasteiger partial charge is 0.318 e. The number of rotatable bonds is 2. The van der Waals surface area contributed by atoms with Crippen LogP contribution in [0.25, 0.3) is 10.6 Å². The number of thiophene rings is 1. The summed E-state index contributed by atoms with van der Waals surface area (Å²) in [5.41, 5.74) is 1.97. The molecule has 0 fully saturated rings. The molecule has 0 saturated heterocycles. The fourth-order valence-electron chi connectivity index (χ4n) is 3.09. The Morgan fingerprint density at radius 1 is 1.19 bits per heavy atom. The zero-order valence-electron chi connectivity index (χ0n) is 13.0. The van der Waals surface area contributed by atoms with Crippen molar-refractivity contribution in [1.29, 1.82) is 0 Å². The van der Waals surface area contributed by atoms with Crippen LogP contribution in [0.5, 0.6) is 0 Å². The summed E-state index contributed by atoms with van der Waals surface area (Å²) < 4.78 is 15.0. The number of benzene rings is 1. The van der Waals surface area contributed by atoms with Gasteiger partial charge < -0.3 is 5.32 Å². The van der Waals surface area contributed by atoms with E-state index in [1.165, 1.54) is 23.5 Å². The smallest absolute Gasteiger partial charge is 0.288 e. The molecule has 1 aliphatic rings. The summed E-state index contributed by atoms with van der Waals surface area (Å²) in [4.78, 5) is 13.3. The summed E-state index contributed by atoms with van der Waals surface area (Å²) in [6.07, 6.45) is 0. The molecular weight excluding hydrogens is 357 g/mol. The third-order valence-electron chi connectivity index (χ3n) is 4.21. The van der Waals surface area contributed by atoms with Gasteiger partial charge in [-0.3, -0.25) is 4.79 Å². The van der Waals surface area contributed by atoms with Crippen molar-refractivity contribution < 1.29 is 4.39 Å². The number of H-pyrrole nitrogens is 1. The molecule has 0 aliphatic carbocycles. The standard InChI is InChI=1S/C16H10FN7OS/c17-9-5-3-8(4-6-9)14-11-12(10-2-1-7-26-10)19-20-15(25)13(11)18-16-21-22-23-24(14)16/h1-7,14H,(H,20,25)(H,18,21,23)/t14-/m1/s1. The van der Waals surface area contributed by atoms with E-state index in [9.17, 15) is 9.18 Å². The molecule has 26 heavy (non-hydrogen) atoms. The summed E-state index contributed by atoms with van der Waals surface area (Å²) in [6, 6.07) is 9.36. The molecule has 5 rings (SSSR count). The maximum absolute atomic E-state index is 13.4. The molecule has 4 aromatic rings. The predicted molar refractivity (Wildman–Crippen MR) is 92.9 cm³/mol. The van der Waals surface area contributed by atoms with E-state index in [1.807, 2.05) is 17.5 Å². The Kier molecular flexibility index (Phi) is 3.19. The zero-order chi connectivity index (χ0) is 17.7. The molecule has 1 aromatic carbocycles. The van der Waals surface area contributed by atoms with Gasteiger partial charge in [0, 0.05) is 5.56 Å². The van der Waals surface area contributed by atoms with Crippen LogP contribution in [0.4, 0.5) is 16.0 Å². The summed E-state index contributed by atoms with van der Waals surface area (Å²) in [7, 11) is 0. The van der Waals surface area contributed by atoms with E-state index in [1.54, 1.807) is 16.8 Å². The van der Waals surface area contributed by atoms with Gasteiger partial charge in [0.05, 0.1) is 4.88 Å². The van der Waals surface area contributed by atoms with Crippen molar-refractivity contribution in [2.45, 2.75) is 6.04 Å². The van der Waals surface area contributed by atoms with Crippen molar-refractivity contribution >= 4 is 23.0 Å². The number of anilines is 2. The summed E-state index contributed by atoms with van der Waals surface area (Å²) in [6.45, 7) is 0. The van der Waals surface area contributed by atoms with Gasteiger partial charge in [0.2, 0.25) is 5.95 Å². The van der Waals surface area contributed by atoms with Crippen LogP contribution in [0, 0.1) is 5.82 Å². The Labute approximate surface area is 149 Å². The fourth-order valence-corrected chi connectivity index (χ4v) is 3.82. The highest BCUT2D eigenvalue weighted by molar-refractivity contribution is 7.13. The number of hydrogen-bond acceptors (Lipinski definition) is 7. The minimum absolute atomic E-state index is 0.333. The molecular formula is C16H10FN7OS. The minimum Gasteiger partial charge on any atom is -0.318 e. The Morgan fingerprint density at radius 3 is 2.81 bits per heavy atom. The van der Waals surface area contributed by atoms with E-state index < -0.39 is 6.04 Å². The maximum atomic E-state index is 13.4. The molecule has 2 N–H and O–H groups in total. The fraction of sp³-hybridized carbons (Fsp3) is 0.0625. The van der Waals surface area contributed by atoms with E-state index in [4.69, 9.17) is 0 Å². The van der Waals surface area contributed by atoms with Gasteiger partial charge in [-0.15, -0.1) is 11.3 Å². The first-order valence-electron chi connectivity index (χ1n) is 7.69. The average Bonchev–Trinajstić information content (AvgIpc) is 3.33. The van der Waals surface area contributed by atoms with Crippen LogP contribution in [0.2, 0.25) is 0 Å². The van der Waals surface area contributed by atoms with Crippen LogP contribution in [0.15, 0.2) is 46.6 Å². The lowest BCUT2D eigenvalue weighted by Gasteiger charge is -2.27. The Morgan fingerprint density at radius 2 is 2.04 bits per heavy atom. The lowest BCUT2D eigenvalue weighted by Crippen LogP contribution is -2.29. The number of halogens is 1. The Hall–Kier alpha value is -3.40. The highest BCUT2D eigenvalue weighted by Gasteiger charge is 2.34. The van der Waals surface area contributed by atoms with Crippen LogP contribution in [-0.2, 0) is 0 Å². The first kappa shape index (κ1) is 14.9. The second kappa shape index (κ2) is 5.56. The zero-order valence-corrected chi connectivity index (χ0v) is 13.9. The monoisotopic (exact) mass is 367 g/mol. The van der Waals surface area contributed by atoms with Gasteiger partial charge in [0.1, 0.15) is 23.2 Å². The van der Waals surface area contributed by atoms with Gasteiger partial charge in [-0.1, -0.05) is 23.3 Å². The number of fused-ring (bicyclic) bond motifs is 2. The van der Waals surface area contributed by atoms with Crippen LogP contribution in [0.3, 0.4) is 0 Å². The molecule has 0 amide bonds. The van der Waals surface area contributed by atoms with Gasteiger partial charge in [0.25, 0.3) is 5.56 Å². The Bertz CT molecular complexity index is 1150. The van der Waals surface area contributed by atoms with E-state index in [0.717, 1.165) is 10.4 Å². The van der Waals surface area contributed by atoms with Gasteiger partial charge >= 0.3 is 0 Å². The van der Waals surface area contributed by atoms with Gasteiger partial charge in [-0.05, 0) is 39.6 Å². The van der Waals surface area contributed by atoms with Crippen LogP contribution >= 0.6 is 11.3 Å². The van der Waals surface area contributed by atoms with E-state index in [-0.39, 0.29) is 11.4 Å². The molecule has 0 unspecified atom stereocenters. The van der Waals surface area contributed by atoms with Crippen molar-refractivity contribution in [2.75, 3.05) is 5.32 Å². The molecule has 1 aliphatic heterocycles. The third kappa shape index (κ3) is 2.15. The molecule has 128 valence electrons. The van der Waals surface area contributed by atoms with Crippen LogP contribution in [0.1, 0.15) is 17.2 Å². The molecule has 1 atom stereocenters. The number of aromatic amines is 1. The highest BCUT2D eigenvalue weighted by atomic mass is 32.1. The van der Waals surface area contributed by atoms with Gasteiger partial charge in [-0.25, -0.2) is 9.49 Å². The highest BCUT2D eigenvalue weighted by Crippen LogP contribution is 2.41. The van der Waals surface area contributed by atoms with Crippen molar-refractivity contribution in [2.24, 2.45) is 0 Å². The molecule has 0 bridgehead atoms. The molecule has 0 saturated carbocycles. The van der Waals surface area contributed by atoms with E-state index in [0.29, 0.717) is 22.9 Å². The molecule has 3 aromatic heterocycles. The van der Waals surface area contributed by atoms with E-state index >= 15 is 0 Å². The molecule has 4 heterocycles. The van der Waals surface area contributed by atoms with E-state index in [2.05, 4.69) is 31.0 Å². The minimum atomic E-state index is -0.510. The second-order valence-corrected chi connectivity index (χ2v) is 6.64. The van der Waals surface area contributed by atoms with Gasteiger partial charge in [0.15, 0.2) is 0 Å². The van der Waals surface area contributed by atoms with Crippen LogP contribution in [-0.4, -0.2) is 30.4 Å². The SMILES string of the molecule is O=c1[nH]nc(-c2cccs2)c2c1Nc1nnnn1[C@@H]2c1ccc(F)cc1. The number of nitrogens with zero attached hydrogens (tertiary/aromatic N) is 5. The molecule has 0 spiro atoms. The number of hydrogen-bond donors (Lipinski definition) is 2. The first-order valence-corrected chi connectivity index (χ1v) is 8.57. The predicted octanol–water partition coefficient (Wildman–Crippen LogP) is 2.32. The van der Waals surface area contributed by atoms with Crippen molar-refractivity contribution in [3.8, 4) is 10.6 Å². The summed E-state index contributed by atoms with van der Waals surface area (Å²) in [5, 5.41) is 23.4. The second-order valence-electron chi connectivity index (χ2n) is 5.69. The number of tetrazole rings is 1. The first-order chi connectivity index (χ1) is 12.7. The average molecular weight is 367 g/mol. The van der Waals surface area contributed by atoms with Crippen molar-refractivity contribution in [3.63, 3.8) is 0 Å². The normalized spacial score (nSPS) is 15.2. The van der Waals surface area contributed by atoms with Crippen molar-refractivity contribution in [3.05, 3.63) is 69.1 Å². The molecule has 10 heteroatoms. The third-order valence-corrected chi connectivity index (χ3v) is 5.09. The number of aromatic nitrogens is 6. The lowest BCUT2D eigenvalue weighted by atomic mass is 9.94. The summed E-state index contributed by atoms with van der Waals surface area (Å²) >= 11 is 1.50. The molecule has 8 nitrogen and oxygen atoms in total. The van der Waals surface area contributed by atoms with Gasteiger partial charge in [-0.2, -0.15) is 9.78 Å². The number of nitrogens with one attached hydrogen (secondary N) is 2.